The number of hydrogen-bond acceptors (Lipinski definition) is 3. The summed E-state index contributed by atoms with van der Waals surface area (Å²) in [5.74, 6) is 0. The monoisotopic (exact) mass is 205 g/mol. The molecule has 0 spiro atoms. The van der Waals surface area contributed by atoms with Crippen LogP contribution in [0.25, 0.3) is 0 Å². The van der Waals surface area contributed by atoms with E-state index in [-0.39, 0.29) is 5.54 Å². The highest BCUT2D eigenvalue weighted by Gasteiger charge is 2.27. The van der Waals surface area contributed by atoms with Crippen molar-refractivity contribution in [3.8, 4) is 0 Å². The first-order valence-corrected chi connectivity index (χ1v) is 5.48. The topological polar surface area (TPSA) is 37.0 Å². The molecular formula is C12H19N3. The van der Waals surface area contributed by atoms with Crippen LogP contribution in [0.15, 0.2) is 18.3 Å². The summed E-state index contributed by atoms with van der Waals surface area (Å²) in [6.07, 6.45) is 1.97. The largest absolute Gasteiger partial charge is 0.313 e. The predicted molar refractivity (Wildman–Crippen MR) is 61.8 cm³/mol. The predicted octanol–water partition coefficient (Wildman–Crippen LogP) is 1.40. The van der Waals surface area contributed by atoms with E-state index in [0.717, 1.165) is 18.8 Å². The summed E-state index contributed by atoms with van der Waals surface area (Å²) in [5, 5.41) is 7.07. The molecule has 1 aliphatic heterocycles. The molecule has 15 heavy (non-hydrogen) atoms. The Morgan fingerprint density at radius 1 is 1.40 bits per heavy atom. The lowest BCUT2D eigenvalue weighted by Crippen LogP contribution is -2.56. The third-order valence-electron chi connectivity index (χ3n) is 2.82. The van der Waals surface area contributed by atoms with Crippen LogP contribution in [0.3, 0.4) is 0 Å². The first kappa shape index (κ1) is 10.6. The summed E-state index contributed by atoms with van der Waals surface area (Å²) in [4.78, 5) is 4.33. The van der Waals surface area contributed by atoms with Crippen molar-refractivity contribution in [1.29, 1.82) is 0 Å². The van der Waals surface area contributed by atoms with Gasteiger partial charge in [-0.05, 0) is 32.4 Å². The van der Waals surface area contributed by atoms with Crippen LogP contribution in [0, 0.1) is 6.92 Å². The van der Waals surface area contributed by atoms with Gasteiger partial charge in [-0.3, -0.25) is 4.98 Å². The average Bonchev–Trinajstić information content (AvgIpc) is 2.17. The summed E-state index contributed by atoms with van der Waals surface area (Å²) >= 11 is 0. The Labute approximate surface area is 91.3 Å². The lowest BCUT2D eigenvalue weighted by Gasteiger charge is -2.37. The Morgan fingerprint density at radius 2 is 2.20 bits per heavy atom. The van der Waals surface area contributed by atoms with Gasteiger partial charge in [0.25, 0.3) is 0 Å². The van der Waals surface area contributed by atoms with Gasteiger partial charge in [-0.15, -0.1) is 0 Å². The SMILES string of the molecule is Cc1ccc(C2CNCC(C)(C)N2)cn1. The van der Waals surface area contributed by atoms with Crippen molar-refractivity contribution in [1.82, 2.24) is 15.6 Å². The van der Waals surface area contributed by atoms with E-state index in [0.29, 0.717) is 6.04 Å². The second kappa shape index (κ2) is 3.91. The summed E-state index contributed by atoms with van der Waals surface area (Å²) in [6.45, 7) is 8.44. The molecule has 3 heteroatoms. The number of rotatable bonds is 1. The van der Waals surface area contributed by atoms with Gasteiger partial charge >= 0.3 is 0 Å². The van der Waals surface area contributed by atoms with Crippen LogP contribution in [0.1, 0.15) is 31.1 Å². The molecule has 0 bridgehead atoms. The van der Waals surface area contributed by atoms with Gasteiger partial charge in [0.1, 0.15) is 0 Å². The molecule has 1 saturated heterocycles. The van der Waals surface area contributed by atoms with Crippen molar-refractivity contribution in [2.75, 3.05) is 13.1 Å². The molecule has 1 aliphatic rings. The minimum absolute atomic E-state index is 0.161. The number of aromatic nitrogens is 1. The number of aryl methyl sites for hydroxylation is 1. The Morgan fingerprint density at radius 3 is 2.80 bits per heavy atom. The minimum atomic E-state index is 0.161. The van der Waals surface area contributed by atoms with Gasteiger partial charge in [-0.2, -0.15) is 0 Å². The van der Waals surface area contributed by atoms with Gasteiger partial charge in [-0.1, -0.05) is 6.07 Å². The van der Waals surface area contributed by atoms with E-state index in [1.165, 1.54) is 5.56 Å². The molecule has 82 valence electrons. The van der Waals surface area contributed by atoms with Crippen LogP contribution in [0.5, 0.6) is 0 Å². The average molecular weight is 205 g/mol. The standard InChI is InChI=1S/C12H19N3/c1-9-4-5-10(6-14-9)11-7-13-8-12(2,3)15-11/h4-6,11,13,15H,7-8H2,1-3H3. The molecule has 2 heterocycles. The molecule has 0 amide bonds. The fourth-order valence-corrected chi connectivity index (χ4v) is 1.99. The van der Waals surface area contributed by atoms with E-state index >= 15 is 0 Å². The summed E-state index contributed by atoms with van der Waals surface area (Å²) < 4.78 is 0. The molecule has 0 aliphatic carbocycles. The molecule has 1 unspecified atom stereocenters. The van der Waals surface area contributed by atoms with Crippen molar-refractivity contribution >= 4 is 0 Å². The van der Waals surface area contributed by atoms with E-state index in [1.807, 2.05) is 13.1 Å². The summed E-state index contributed by atoms with van der Waals surface area (Å²) in [5.41, 5.74) is 2.50. The van der Waals surface area contributed by atoms with Gasteiger partial charge in [-0.25, -0.2) is 0 Å². The van der Waals surface area contributed by atoms with Crippen LogP contribution in [0.2, 0.25) is 0 Å². The Bertz CT molecular complexity index is 329. The minimum Gasteiger partial charge on any atom is -0.313 e. The molecule has 1 atom stereocenters. The van der Waals surface area contributed by atoms with Crippen LogP contribution in [-0.4, -0.2) is 23.6 Å². The van der Waals surface area contributed by atoms with E-state index in [2.05, 4.69) is 41.6 Å². The van der Waals surface area contributed by atoms with Crippen molar-refractivity contribution in [2.45, 2.75) is 32.4 Å². The normalized spacial score (nSPS) is 25.1. The molecule has 0 radical (unpaired) electrons. The van der Waals surface area contributed by atoms with Crippen LogP contribution in [0.4, 0.5) is 0 Å². The molecule has 0 aromatic carbocycles. The molecule has 1 fully saturated rings. The molecule has 1 aromatic heterocycles. The van der Waals surface area contributed by atoms with Crippen molar-refractivity contribution in [2.24, 2.45) is 0 Å². The van der Waals surface area contributed by atoms with Crippen molar-refractivity contribution in [3.05, 3.63) is 29.6 Å². The van der Waals surface area contributed by atoms with E-state index in [4.69, 9.17) is 0 Å². The highest BCUT2D eigenvalue weighted by atomic mass is 15.1. The van der Waals surface area contributed by atoms with E-state index < -0.39 is 0 Å². The molecule has 2 rings (SSSR count). The molecule has 1 aromatic rings. The quantitative estimate of drug-likeness (QED) is 0.727. The van der Waals surface area contributed by atoms with Crippen LogP contribution < -0.4 is 10.6 Å². The lowest BCUT2D eigenvalue weighted by atomic mass is 9.97. The van der Waals surface area contributed by atoms with E-state index in [1.54, 1.807) is 0 Å². The molecule has 2 N–H and O–H groups in total. The zero-order chi connectivity index (χ0) is 10.9. The third-order valence-corrected chi connectivity index (χ3v) is 2.82. The van der Waals surface area contributed by atoms with Gasteiger partial charge in [0.05, 0.1) is 0 Å². The van der Waals surface area contributed by atoms with Gasteiger partial charge in [0, 0.05) is 36.6 Å². The highest BCUT2D eigenvalue weighted by Crippen LogP contribution is 2.18. The molecule has 0 saturated carbocycles. The maximum absolute atomic E-state index is 4.33. The lowest BCUT2D eigenvalue weighted by molar-refractivity contribution is 0.264. The number of hydrogen-bond donors (Lipinski definition) is 2. The second-order valence-corrected chi connectivity index (χ2v) is 4.94. The maximum Gasteiger partial charge on any atom is 0.0466 e. The third kappa shape index (κ3) is 2.55. The smallest absolute Gasteiger partial charge is 0.0466 e. The highest BCUT2D eigenvalue weighted by molar-refractivity contribution is 5.19. The first-order chi connectivity index (χ1) is 7.07. The Kier molecular flexibility index (Phi) is 2.76. The first-order valence-electron chi connectivity index (χ1n) is 5.48. The molecule has 3 nitrogen and oxygen atoms in total. The fraction of sp³-hybridized carbons (Fsp3) is 0.583. The van der Waals surface area contributed by atoms with Gasteiger partial charge in [0.15, 0.2) is 0 Å². The number of pyridine rings is 1. The van der Waals surface area contributed by atoms with Crippen molar-refractivity contribution in [3.63, 3.8) is 0 Å². The zero-order valence-electron chi connectivity index (χ0n) is 9.67. The number of piperazine rings is 1. The van der Waals surface area contributed by atoms with Gasteiger partial charge < -0.3 is 10.6 Å². The zero-order valence-corrected chi connectivity index (χ0v) is 9.67. The van der Waals surface area contributed by atoms with Crippen molar-refractivity contribution < 1.29 is 0 Å². The summed E-state index contributed by atoms with van der Waals surface area (Å²) in [7, 11) is 0. The Balaban J connectivity index is 2.13. The van der Waals surface area contributed by atoms with E-state index in [9.17, 15) is 0 Å². The maximum atomic E-state index is 4.33. The fourth-order valence-electron chi connectivity index (χ4n) is 1.99. The Hall–Kier alpha value is -0.930. The number of nitrogens with zero attached hydrogens (tertiary/aromatic N) is 1. The van der Waals surface area contributed by atoms with Gasteiger partial charge in [0.2, 0.25) is 0 Å². The molecular weight excluding hydrogens is 186 g/mol. The van der Waals surface area contributed by atoms with Crippen LogP contribution >= 0.6 is 0 Å². The summed E-state index contributed by atoms with van der Waals surface area (Å²) in [6, 6.07) is 4.60. The second-order valence-electron chi connectivity index (χ2n) is 4.94. The van der Waals surface area contributed by atoms with Crippen LogP contribution in [-0.2, 0) is 0 Å². The number of nitrogens with one attached hydrogen (secondary N) is 2.